The van der Waals surface area contributed by atoms with Crippen LogP contribution in [0.1, 0.15) is 21.6 Å². The Balaban J connectivity index is 1.48. The number of nitrogens with one attached hydrogen (secondary N) is 1. The van der Waals surface area contributed by atoms with Crippen LogP contribution in [-0.2, 0) is 19.5 Å². The average Bonchev–Trinajstić information content (AvgIpc) is 3.15. The van der Waals surface area contributed by atoms with Crippen LogP contribution in [0.15, 0.2) is 24.3 Å². The number of nitrogens with zero attached hydrogens (tertiary/aromatic N) is 3. The molecular weight excluding hydrogens is 280 g/mol. The van der Waals surface area contributed by atoms with Gasteiger partial charge >= 0.3 is 0 Å². The van der Waals surface area contributed by atoms with E-state index in [0.29, 0.717) is 18.8 Å². The van der Waals surface area contributed by atoms with E-state index < -0.39 is 0 Å². The molecule has 114 valence electrons. The summed E-state index contributed by atoms with van der Waals surface area (Å²) in [6.45, 7) is 2.91. The lowest BCUT2D eigenvalue weighted by atomic mass is 10.1. The first-order valence-electron chi connectivity index (χ1n) is 7.52. The molecule has 4 rings (SSSR count). The number of hydrogen-bond acceptors (Lipinski definition) is 4. The van der Waals surface area contributed by atoms with Crippen molar-refractivity contribution in [3.8, 4) is 5.75 Å². The predicted molar refractivity (Wildman–Crippen MR) is 82.2 cm³/mol. The number of anilines is 1. The molecule has 2 aliphatic heterocycles. The van der Waals surface area contributed by atoms with Crippen LogP contribution in [0.2, 0.25) is 0 Å². The number of fused-ring (bicyclic) bond motifs is 2. The number of amides is 1. The normalized spacial score (nSPS) is 16.2. The number of hydrogen-bond donors (Lipinski definition) is 1. The van der Waals surface area contributed by atoms with E-state index in [0.717, 1.165) is 31.1 Å². The van der Waals surface area contributed by atoms with Gasteiger partial charge in [-0.3, -0.25) is 9.48 Å². The summed E-state index contributed by atoms with van der Waals surface area (Å²) in [5.74, 6) is 1.77. The molecule has 0 unspecified atom stereocenters. The number of ether oxygens (including phenoxy) is 1. The minimum Gasteiger partial charge on any atom is -0.493 e. The Kier molecular flexibility index (Phi) is 3.03. The van der Waals surface area contributed by atoms with Crippen molar-refractivity contribution in [2.45, 2.75) is 19.5 Å². The molecule has 0 saturated heterocycles. The molecule has 1 aromatic heterocycles. The molecule has 0 spiro atoms. The van der Waals surface area contributed by atoms with E-state index in [9.17, 15) is 4.79 Å². The number of carbonyl (C=O) groups is 1. The van der Waals surface area contributed by atoms with Gasteiger partial charge in [0.05, 0.1) is 13.2 Å². The van der Waals surface area contributed by atoms with Crippen LogP contribution in [0.3, 0.4) is 0 Å². The molecule has 6 heteroatoms. The zero-order chi connectivity index (χ0) is 15.1. The molecule has 1 N–H and O–H groups in total. The van der Waals surface area contributed by atoms with Gasteiger partial charge in [0.15, 0.2) is 0 Å². The van der Waals surface area contributed by atoms with E-state index in [1.54, 1.807) is 9.58 Å². The number of rotatable bonds is 3. The Morgan fingerprint density at radius 1 is 1.32 bits per heavy atom. The monoisotopic (exact) mass is 298 g/mol. The van der Waals surface area contributed by atoms with E-state index in [1.807, 2.05) is 19.2 Å². The van der Waals surface area contributed by atoms with Crippen LogP contribution < -0.4 is 10.1 Å². The van der Waals surface area contributed by atoms with Crippen molar-refractivity contribution in [2.75, 3.05) is 25.5 Å². The molecule has 0 aliphatic carbocycles. The Labute approximate surface area is 128 Å². The second-order valence-electron chi connectivity index (χ2n) is 5.76. The second-order valence-corrected chi connectivity index (χ2v) is 5.76. The lowest BCUT2D eigenvalue weighted by Gasteiger charge is -2.22. The highest BCUT2D eigenvalue weighted by Gasteiger charge is 2.23. The molecule has 6 nitrogen and oxygen atoms in total. The SMILES string of the molecule is CN1CCn2nc(NCc3ccc4c(c3)CCO4)cc2C1=O. The topological polar surface area (TPSA) is 59.4 Å². The van der Waals surface area contributed by atoms with Crippen LogP contribution in [0, 0.1) is 0 Å². The van der Waals surface area contributed by atoms with E-state index >= 15 is 0 Å². The van der Waals surface area contributed by atoms with Gasteiger partial charge in [-0.2, -0.15) is 5.10 Å². The summed E-state index contributed by atoms with van der Waals surface area (Å²) in [5.41, 5.74) is 3.11. The van der Waals surface area contributed by atoms with E-state index in [2.05, 4.69) is 22.5 Å². The first kappa shape index (κ1) is 13.2. The number of likely N-dealkylation sites (N-methyl/N-ethyl adjacent to an activating group) is 1. The van der Waals surface area contributed by atoms with Gasteiger partial charge in [0.1, 0.15) is 17.3 Å². The first-order chi connectivity index (χ1) is 10.7. The van der Waals surface area contributed by atoms with Crippen molar-refractivity contribution < 1.29 is 9.53 Å². The summed E-state index contributed by atoms with van der Waals surface area (Å²) in [6.07, 6.45) is 0.975. The molecule has 0 radical (unpaired) electrons. The maximum Gasteiger partial charge on any atom is 0.272 e. The predicted octanol–water partition coefficient (Wildman–Crippen LogP) is 1.52. The third kappa shape index (κ3) is 2.20. The van der Waals surface area contributed by atoms with Crippen molar-refractivity contribution >= 4 is 11.7 Å². The molecule has 1 amide bonds. The maximum absolute atomic E-state index is 12.1. The standard InChI is InChI=1S/C16H18N4O2/c1-19-5-6-20-13(16(19)21)9-15(18-20)17-10-11-2-3-14-12(8-11)4-7-22-14/h2-3,8-9H,4-7,10H2,1H3,(H,17,18). The van der Waals surface area contributed by atoms with Crippen LogP contribution in [-0.4, -0.2) is 40.8 Å². The van der Waals surface area contributed by atoms with Crippen LogP contribution >= 0.6 is 0 Å². The van der Waals surface area contributed by atoms with Crippen molar-refractivity contribution in [3.63, 3.8) is 0 Å². The van der Waals surface area contributed by atoms with Gasteiger partial charge in [-0.1, -0.05) is 12.1 Å². The van der Waals surface area contributed by atoms with Crippen LogP contribution in [0.4, 0.5) is 5.82 Å². The van der Waals surface area contributed by atoms with Gasteiger partial charge in [0, 0.05) is 32.6 Å². The molecule has 2 aliphatic rings. The lowest BCUT2D eigenvalue weighted by molar-refractivity contribution is 0.0743. The second kappa shape index (κ2) is 5.05. The summed E-state index contributed by atoms with van der Waals surface area (Å²) in [6, 6.07) is 8.08. The summed E-state index contributed by atoms with van der Waals surface area (Å²) < 4.78 is 7.29. The molecule has 0 bridgehead atoms. The summed E-state index contributed by atoms with van der Waals surface area (Å²) >= 11 is 0. The molecule has 0 fully saturated rings. The van der Waals surface area contributed by atoms with Gasteiger partial charge in [-0.15, -0.1) is 0 Å². The smallest absolute Gasteiger partial charge is 0.272 e. The van der Waals surface area contributed by atoms with Crippen molar-refractivity contribution in [2.24, 2.45) is 0 Å². The van der Waals surface area contributed by atoms with Gasteiger partial charge in [0.2, 0.25) is 0 Å². The van der Waals surface area contributed by atoms with Crippen molar-refractivity contribution in [1.29, 1.82) is 0 Å². The molecule has 22 heavy (non-hydrogen) atoms. The Morgan fingerprint density at radius 2 is 2.23 bits per heavy atom. The maximum atomic E-state index is 12.1. The van der Waals surface area contributed by atoms with E-state index in [-0.39, 0.29) is 5.91 Å². The van der Waals surface area contributed by atoms with Gasteiger partial charge in [0.25, 0.3) is 5.91 Å². The largest absolute Gasteiger partial charge is 0.493 e. The summed E-state index contributed by atoms with van der Waals surface area (Å²) in [5, 5.41) is 7.76. The zero-order valence-corrected chi connectivity index (χ0v) is 12.5. The Morgan fingerprint density at radius 3 is 3.14 bits per heavy atom. The van der Waals surface area contributed by atoms with Crippen LogP contribution in [0.5, 0.6) is 5.75 Å². The van der Waals surface area contributed by atoms with Gasteiger partial charge in [-0.05, 0) is 17.2 Å². The molecule has 2 aromatic rings. The lowest BCUT2D eigenvalue weighted by Crippen LogP contribution is -2.37. The minimum atomic E-state index is 0.0291. The molecule has 0 atom stereocenters. The van der Waals surface area contributed by atoms with E-state index in [4.69, 9.17) is 4.74 Å². The molecule has 1 aromatic carbocycles. The van der Waals surface area contributed by atoms with Gasteiger partial charge < -0.3 is 15.0 Å². The highest BCUT2D eigenvalue weighted by Crippen LogP contribution is 2.26. The molecule has 0 saturated carbocycles. The van der Waals surface area contributed by atoms with Gasteiger partial charge in [-0.25, -0.2) is 0 Å². The molecular formula is C16H18N4O2. The quantitative estimate of drug-likeness (QED) is 0.933. The van der Waals surface area contributed by atoms with E-state index in [1.165, 1.54) is 11.1 Å². The van der Waals surface area contributed by atoms with Crippen LogP contribution in [0.25, 0.3) is 0 Å². The Hall–Kier alpha value is -2.50. The Bertz CT molecular complexity index is 738. The van der Waals surface area contributed by atoms with Crippen molar-refractivity contribution in [1.82, 2.24) is 14.7 Å². The fourth-order valence-corrected chi connectivity index (χ4v) is 2.93. The number of carbonyl (C=O) groups excluding carboxylic acids is 1. The zero-order valence-electron chi connectivity index (χ0n) is 12.5. The molecule has 3 heterocycles. The summed E-state index contributed by atoms with van der Waals surface area (Å²) in [7, 11) is 1.82. The minimum absolute atomic E-state index is 0.0291. The third-order valence-corrected chi connectivity index (χ3v) is 4.22. The third-order valence-electron chi connectivity index (χ3n) is 4.22. The fraction of sp³-hybridized carbons (Fsp3) is 0.375. The highest BCUT2D eigenvalue weighted by atomic mass is 16.5. The fourth-order valence-electron chi connectivity index (χ4n) is 2.93. The number of benzene rings is 1. The first-order valence-corrected chi connectivity index (χ1v) is 7.52. The summed E-state index contributed by atoms with van der Waals surface area (Å²) in [4.78, 5) is 13.8. The average molecular weight is 298 g/mol. The highest BCUT2D eigenvalue weighted by molar-refractivity contribution is 5.93. The number of aromatic nitrogens is 2. The van der Waals surface area contributed by atoms with Crippen molar-refractivity contribution in [3.05, 3.63) is 41.1 Å².